The number of aromatic amines is 1. The number of anilines is 2. The van der Waals surface area contributed by atoms with Crippen LogP contribution in [0.3, 0.4) is 0 Å². The van der Waals surface area contributed by atoms with Crippen molar-refractivity contribution in [2.45, 2.75) is 19.3 Å². The van der Waals surface area contributed by atoms with E-state index in [0.717, 1.165) is 30.0 Å². The highest BCUT2D eigenvalue weighted by molar-refractivity contribution is 5.85. The topological polar surface area (TPSA) is 67.2 Å². The van der Waals surface area contributed by atoms with E-state index in [0.29, 0.717) is 5.82 Å². The van der Waals surface area contributed by atoms with Crippen LogP contribution in [0.5, 0.6) is 5.75 Å². The van der Waals surface area contributed by atoms with Crippen LogP contribution < -0.4 is 15.4 Å². The van der Waals surface area contributed by atoms with Gasteiger partial charge in [-0.3, -0.25) is 5.10 Å². The number of ether oxygens (including phenoxy) is 1. The molecule has 1 aromatic carbocycles. The molecule has 2 heterocycles. The standard InChI is InChI=1S/C15H20N4O/c1-20-11-5-6-14(19-7-3-2-4-8-19)12(9-11)13-10-17-18-15(13)16/h5-6,9-10H,2-4,7-8H2,1H3,(H3,16,17,18). The van der Waals surface area contributed by atoms with Gasteiger partial charge in [-0.25, -0.2) is 0 Å². The molecule has 0 atom stereocenters. The van der Waals surface area contributed by atoms with Crippen LogP contribution in [-0.4, -0.2) is 30.4 Å². The van der Waals surface area contributed by atoms with Crippen LogP contribution in [0.2, 0.25) is 0 Å². The highest BCUT2D eigenvalue weighted by Gasteiger charge is 2.18. The molecular weight excluding hydrogens is 252 g/mol. The van der Waals surface area contributed by atoms with E-state index in [9.17, 15) is 0 Å². The number of hydrogen-bond donors (Lipinski definition) is 2. The Bertz CT molecular complexity index is 587. The van der Waals surface area contributed by atoms with Gasteiger partial charge in [0.1, 0.15) is 11.6 Å². The molecule has 2 aromatic rings. The zero-order valence-corrected chi connectivity index (χ0v) is 11.7. The molecular formula is C15H20N4O. The van der Waals surface area contributed by atoms with Crippen molar-refractivity contribution in [2.75, 3.05) is 30.8 Å². The van der Waals surface area contributed by atoms with Crippen molar-refractivity contribution < 1.29 is 4.74 Å². The minimum absolute atomic E-state index is 0.594. The summed E-state index contributed by atoms with van der Waals surface area (Å²) in [5, 5.41) is 6.83. The van der Waals surface area contributed by atoms with Crippen LogP contribution in [0, 0.1) is 0 Å². The van der Waals surface area contributed by atoms with Gasteiger partial charge in [0.2, 0.25) is 0 Å². The lowest BCUT2D eigenvalue weighted by molar-refractivity contribution is 0.415. The highest BCUT2D eigenvalue weighted by atomic mass is 16.5. The summed E-state index contributed by atoms with van der Waals surface area (Å²) in [4.78, 5) is 2.42. The predicted octanol–water partition coefficient (Wildman–Crippen LogP) is 2.66. The predicted molar refractivity (Wildman–Crippen MR) is 81.1 cm³/mol. The molecule has 0 bridgehead atoms. The lowest BCUT2D eigenvalue weighted by Gasteiger charge is -2.30. The summed E-state index contributed by atoms with van der Waals surface area (Å²) >= 11 is 0. The van der Waals surface area contributed by atoms with Crippen molar-refractivity contribution in [3.63, 3.8) is 0 Å². The molecule has 0 radical (unpaired) electrons. The van der Waals surface area contributed by atoms with Crippen molar-refractivity contribution in [3.8, 4) is 16.9 Å². The summed E-state index contributed by atoms with van der Waals surface area (Å²) in [5.41, 5.74) is 9.21. The SMILES string of the molecule is COc1ccc(N2CCCCC2)c(-c2cn[nH]c2N)c1. The Balaban J connectivity index is 2.06. The second-order valence-electron chi connectivity index (χ2n) is 5.13. The molecule has 1 aromatic heterocycles. The molecule has 3 N–H and O–H groups in total. The first-order valence-corrected chi connectivity index (χ1v) is 7.02. The number of methoxy groups -OCH3 is 1. The van der Waals surface area contributed by atoms with E-state index in [2.05, 4.69) is 21.2 Å². The quantitative estimate of drug-likeness (QED) is 0.901. The van der Waals surface area contributed by atoms with Gasteiger partial charge in [0.05, 0.1) is 13.3 Å². The van der Waals surface area contributed by atoms with Gasteiger partial charge >= 0.3 is 0 Å². The third-order valence-corrected chi connectivity index (χ3v) is 3.86. The van der Waals surface area contributed by atoms with Gasteiger partial charge in [-0.15, -0.1) is 0 Å². The second kappa shape index (κ2) is 5.45. The van der Waals surface area contributed by atoms with E-state index in [-0.39, 0.29) is 0 Å². The van der Waals surface area contributed by atoms with Crippen molar-refractivity contribution >= 4 is 11.5 Å². The molecule has 1 aliphatic rings. The highest BCUT2D eigenvalue weighted by Crippen LogP contribution is 2.37. The Kier molecular flexibility index (Phi) is 3.50. The van der Waals surface area contributed by atoms with E-state index in [4.69, 9.17) is 10.5 Å². The molecule has 106 valence electrons. The van der Waals surface area contributed by atoms with E-state index in [1.807, 2.05) is 12.1 Å². The number of nitrogens with one attached hydrogen (secondary N) is 1. The van der Waals surface area contributed by atoms with Gasteiger partial charge in [-0.2, -0.15) is 5.10 Å². The normalized spacial score (nSPS) is 15.3. The van der Waals surface area contributed by atoms with Crippen LogP contribution >= 0.6 is 0 Å². The van der Waals surface area contributed by atoms with Gasteiger partial charge < -0.3 is 15.4 Å². The minimum Gasteiger partial charge on any atom is -0.497 e. The zero-order chi connectivity index (χ0) is 13.9. The third kappa shape index (κ3) is 2.31. The number of hydrogen-bond acceptors (Lipinski definition) is 4. The van der Waals surface area contributed by atoms with Crippen LogP contribution in [0.25, 0.3) is 11.1 Å². The van der Waals surface area contributed by atoms with Gasteiger partial charge in [0.25, 0.3) is 0 Å². The Morgan fingerprint density at radius 3 is 2.65 bits per heavy atom. The maximum Gasteiger partial charge on any atom is 0.126 e. The molecule has 1 aliphatic heterocycles. The number of benzene rings is 1. The Labute approximate surface area is 118 Å². The summed E-state index contributed by atoms with van der Waals surface area (Å²) in [6.45, 7) is 2.19. The molecule has 5 heteroatoms. The number of H-pyrrole nitrogens is 1. The number of piperidine rings is 1. The van der Waals surface area contributed by atoms with Gasteiger partial charge in [-0.05, 0) is 37.5 Å². The average Bonchev–Trinajstić information content (AvgIpc) is 2.93. The first-order chi connectivity index (χ1) is 9.79. The fraction of sp³-hybridized carbons (Fsp3) is 0.400. The lowest BCUT2D eigenvalue weighted by Crippen LogP contribution is -2.29. The van der Waals surface area contributed by atoms with Crippen LogP contribution in [0.15, 0.2) is 24.4 Å². The fourth-order valence-corrected chi connectivity index (χ4v) is 2.78. The number of nitrogens with two attached hydrogens (primary N) is 1. The summed E-state index contributed by atoms with van der Waals surface area (Å²) in [7, 11) is 1.68. The molecule has 0 unspecified atom stereocenters. The van der Waals surface area contributed by atoms with Crippen molar-refractivity contribution in [2.24, 2.45) is 0 Å². The minimum atomic E-state index is 0.594. The van der Waals surface area contributed by atoms with Gasteiger partial charge in [0.15, 0.2) is 0 Å². The zero-order valence-electron chi connectivity index (χ0n) is 11.7. The molecule has 0 saturated carbocycles. The number of nitrogen functional groups attached to an aromatic ring is 1. The molecule has 0 aliphatic carbocycles. The largest absolute Gasteiger partial charge is 0.497 e. The van der Waals surface area contributed by atoms with Crippen LogP contribution in [-0.2, 0) is 0 Å². The number of aromatic nitrogens is 2. The molecule has 1 fully saturated rings. The second-order valence-corrected chi connectivity index (χ2v) is 5.13. The van der Waals surface area contributed by atoms with Crippen LogP contribution in [0.1, 0.15) is 19.3 Å². The summed E-state index contributed by atoms with van der Waals surface area (Å²) in [6.07, 6.45) is 5.58. The van der Waals surface area contributed by atoms with E-state index in [1.165, 1.54) is 24.9 Å². The Morgan fingerprint density at radius 2 is 2.00 bits per heavy atom. The molecule has 3 rings (SSSR count). The lowest BCUT2D eigenvalue weighted by atomic mass is 10.0. The third-order valence-electron chi connectivity index (χ3n) is 3.86. The molecule has 5 nitrogen and oxygen atoms in total. The smallest absolute Gasteiger partial charge is 0.126 e. The maximum absolute atomic E-state index is 5.99. The van der Waals surface area contributed by atoms with E-state index in [1.54, 1.807) is 13.3 Å². The summed E-state index contributed by atoms with van der Waals surface area (Å²) in [6, 6.07) is 6.15. The molecule has 20 heavy (non-hydrogen) atoms. The van der Waals surface area contributed by atoms with Crippen molar-refractivity contribution in [3.05, 3.63) is 24.4 Å². The molecule has 0 spiro atoms. The number of rotatable bonds is 3. The Hall–Kier alpha value is -2.17. The average molecular weight is 272 g/mol. The van der Waals surface area contributed by atoms with Gasteiger partial charge in [0, 0.05) is 29.9 Å². The first kappa shape index (κ1) is 12.8. The maximum atomic E-state index is 5.99. The molecule has 1 saturated heterocycles. The van der Waals surface area contributed by atoms with E-state index >= 15 is 0 Å². The summed E-state index contributed by atoms with van der Waals surface area (Å²) < 4.78 is 5.35. The molecule has 0 amide bonds. The van der Waals surface area contributed by atoms with Crippen LogP contribution in [0.4, 0.5) is 11.5 Å². The Morgan fingerprint density at radius 1 is 1.20 bits per heavy atom. The van der Waals surface area contributed by atoms with Crippen molar-refractivity contribution in [1.82, 2.24) is 10.2 Å². The van der Waals surface area contributed by atoms with E-state index < -0.39 is 0 Å². The first-order valence-electron chi connectivity index (χ1n) is 7.02. The van der Waals surface area contributed by atoms with Gasteiger partial charge in [-0.1, -0.05) is 0 Å². The summed E-state index contributed by atoms with van der Waals surface area (Å²) in [5.74, 6) is 1.43. The monoisotopic (exact) mass is 272 g/mol. The number of nitrogens with zero attached hydrogens (tertiary/aromatic N) is 2. The van der Waals surface area contributed by atoms with Crippen molar-refractivity contribution in [1.29, 1.82) is 0 Å². The fourth-order valence-electron chi connectivity index (χ4n) is 2.78.